The van der Waals surface area contributed by atoms with Gasteiger partial charge in [0.15, 0.2) is 0 Å². The first kappa shape index (κ1) is 9.60. The molecule has 1 fully saturated rings. The van der Waals surface area contributed by atoms with Gasteiger partial charge in [0.1, 0.15) is 0 Å². The summed E-state index contributed by atoms with van der Waals surface area (Å²) >= 11 is 0. The van der Waals surface area contributed by atoms with E-state index in [4.69, 9.17) is 0 Å². The molecule has 13 heavy (non-hydrogen) atoms. The Morgan fingerprint density at radius 1 is 1.38 bits per heavy atom. The standard InChI is InChI=1S/C11H16S2/c1-2-10-8-11(13-12-10)9-6-4-3-5-7-9/h2,8-9,12H,1,3-7H2. The Bertz CT molecular complexity index is 257. The highest BCUT2D eigenvalue weighted by Crippen LogP contribution is 2.42. The van der Waals surface area contributed by atoms with E-state index in [2.05, 4.69) is 12.7 Å². The lowest BCUT2D eigenvalue weighted by Gasteiger charge is -2.21. The first-order chi connectivity index (χ1) is 6.40. The van der Waals surface area contributed by atoms with Gasteiger partial charge in [-0.3, -0.25) is 0 Å². The SMILES string of the molecule is C=CC1=[SH]SC(C2CCCCC2)=C1. The van der Waals surface area contributed by atoms with E-state index in [-0.39, 0.29) is 0 Å². The van der Waals surface area contributed by atoms with Crippen LogP contribution in [-0.2, 0) is 0 Å². The summed E-state index contributed by atoms with van der Waals surface area (Å²) in [6.45, 7) is 3.82. The van der Waals surface area contributed by atoms with Crippen molar-refractivity contribution in [3.63, 3.8) is 0 Å². The molecule has 0 spiro atoms. The summed E-state index contributed by atoms with van der Waals surface area (Å²) in [5.41, 5.74) is 0. The van der Waals surface area contributed by atoms with Crippen LogP contribution in [0.5, 0.6) is 0 Å². The van der Waals surface area contributed by atoms with Crippen LogP contribution in [0.15, 0.2) is 23.6 Å². The van der Waals surface area contributed by atoms with Crippen molar-refractivity contribution in [2.75, 3.05) is 0 Å². The van der Waals surface area contributed by atoms with Crippen molar-refractivity contribution in [2.24, 2.45) is 5.92 Å². The Labute approximate surface area is 87.8 Å². The summed E-state index contributed by atoms with van der Waals surface area (Å²) in [6.07, 6.45) is 11.5. The lowest BCUT2D eigenvalue weighted by molar-refractivity contribution is 0.415. The second kappa shape index (κ2) is 4.52. The van der Waals surface area contributed by atoms with E-state index in [1.54, 1.807) is 4.91 Å². The van der Waals surface area contributed by atoms with Crippen LogP contribution >= 0.6 is 21.2 Å². The Balaban J connectivity index is 1.98. The minimum Gasteiger partial charge on any atom is -0.131 e. The average Bonchev–Trinajstić information content (AvgIpc) is 2.67. The van der Waals surface area contributed by atoms with E-state index < -0.39 is 0 Å². The summed E-state index contributed by atoms with van der Waals surface area (Å²) in [5, 5.41) is 0. The topological polar surface area (TPSA) is 0 Å². The monoisotopic (exact) mass is 212 g/mol. The molecule has 0 radical (unpaired) electrons. The predicted octanol–water partition coefficient (Wildman–Crippen LogP) is 3.94. The minimum absolute atomic E-state index is 0.878. The summed E-state index contributed by atoms with van der Waals surface area (Å²) < 4.78 is 0. The molecule has 0 amide bonds. The number of allylic oxidation sites excluding steroid dienone is 3. The third-order valence-electron chi connectivity index (χ3n) is 2.76. The lowest BCUT2D eigenvalue weighted by atomic mass is 9.88. The summed E-state index contributed by atoms with van der Waals surface area (Å²) in [7, 11) is 3.40. The molecular weight excluding hydrogens is 196 g/mol. The Kier molecular flexibility index (Phi) is 3.33. The van der Waals surface area contributed by atoms with Crippen molar-refractivity contribution in [3.8, 4) is 0 Å². The summed E-state index contributed by atoms with van der Waals surface area (Å²) in [5.74, 6) is 0.878. The molecule has 2 aliphatic rings. The van der Waals surface area contributed by atoms with E-state index >= 15 is 0 Å². The molecule has 72 valence electrons. The Hall–Kier alpha value is 0.0500. The molecule has 1 heterocycles. The normalized spacial score (nSPS) is 24.6. The van der Waals surface area contributed by atoms with Crippen LogP contribution in [0.3, 0.4) is 0 Å². The maximum atomic E-state index is 3.82. The zero-order valence-electron chi connectivity index (χ0n) is 7.83. The van der Waals surface area contributed by atoms with Gasteiger partial charge in [0, 0.05) is 4.86 Å². The molecule has 0 aromatic carbocycles. The number of thiol groups is 1. The molecule has 0 N–H and O–H groups in total. The fourth-order valence-electron chi connectivity index (χ4n) is 1.98. The zero-order valence-corrected chi connectivity index (χ0v) is 9.54. The second-order valence-electron chi connectivity index (χ2n) is 3.69. The minimum atomic E-state index is 0.878. The van der Waals surface area contributed by atoms with Crippen LogP contribution in [0.2, 0.25) is 0 Å². The van der Waals surface area contributed by atoms with E-state index in [9.17, 15) is 0 Å². The largest absolute Gasteiger partial charge is 0.131 e. The van der Waals surface area contributed by atoms with Crippen LogP contribution < -0.4 is 0 Å². The van der Waals surface area contributed by atoms with Crippen molar-refractivity contribution in [1.29, 1.82) is 0 Å². The van der Waals surface area contributed by atoms with Gasteiger partial charge in [-0.1, -0.05) is 42.7 Å². The molecule has 0 aromatic rings. The van der Waals surface area contributed by atoms with Gasteiger partial charge < -0.3 is 0 Å². The number of hydrogen-bond acceptors (Lipinski definition) is 1. The summed E-state index contributed by atoms with van der Waals surface area (Å²) in [6, 6.07) is 0. The van der Waals surface area contributed by atoms with Crippen molar-refractivity contribution in [2.45, 2.75) is 32.1 Å². The van der Waals surface area contributed by atoms with Crippen LogP contribution in [-0.4, -0.2) is 4.86 Å². The smallest absolute Gasteiger partial charge is 0.00521 e. The molecule has 0 bridgehead atoms. The molecule has 0 atom stereocenters. The maximum Gasteiger partial charge on any atom is 0.00521 e. The van der Waals surface area contributed by atoms with Crippen LogP contribution in [0.25, 0.3) is 0 Å². The van der Waals surface area contributed by atoms with Crippen molar-refractivity contribution in [3.05, 3.63) is 23.6 Å². The van der Waals surface area contributed by atoms with Gasteiger partial charge in [0.2, 0.25) is 0 Å². The van der Waals surface area contributed by atoms with E-state index in [0.29, 0.717) is 0 Å². The lowest BCUT2D eigenvalue weighted by Crippen LogP contribution is -2.06. The molecule has 0 saturated heterocycles. The molecular formula is C11H16S2. The average molecular weight is 212 g/mol. The van der Waals surface area contributed by atoms with E-state index in [1.807, 2.05) is 16.9 Å². The fraction of sp³-hybridized carbons (Fsp3) is 0.545. The van der Waals surface area contributed by atoms with Crippen molar-refractivity contribution in [1.82, 2.24) is 0 Å². The van der Waals surface area contributed by atoms with Gasteiger partial charge in [0.25, 0.3) is 0 Å². The molecule has 1 saturated carbocycles. The van der Waals surface area contributed by atoms with Crippen LogP contribution in [0.1, 0.15) is 32.1 Å². The van der Waals surface area contributed by atoms with Crippen LogP contribution in [0.4, 0.5) is 0 Å². The highest BCUT2D eigenvalue weighted by molar-refractivity contribution is 8.77. The molecule has 1 aliphatic heterocycles. The zero-order chi connectivity index (χ0) is 9.10. The maximum absolute atomic E-state index is 3.82. The van der Waals surface area contributed by atoms with Crippen molar-refractivity contribution >= 4 is 26.0 Å². The van der Waals surface area contributed by atoms with Gasteiger partial charge >= 0.3 is 0 Å². The highest BCUT2D eigenvalue weighted by Gasteiger charge is 2.19. The molecule has 1 aliphatic carbocycles. The third-order valence-corrected chi connectivity index (χ3v) is 5.58. The van der Waals surface area contributed by atoms with Crippen molar-refractivity contribution < 1.29 is 0 Å². The molecule has 0 nitrogen and oxygen atoms in total. The quantitative estimate of drug-likeness (QED) is 0.313. The van der Waals surface area contributed by atoms with E-state index in [1.165, 1.54) is 47.4 Å². The van der Waals surface area contributed by atoms with Gasteiger partial charge in [-0.2, -0.15) is 0 Å². The van der Waals surface area contributed by atoms with E-state index in [0.717, 1.165) is 5.92 Å². The number of hydrogen-bond donors (Lipinski definition) is 1. The number of rotatable bonds is 2. The molecule has 0 aromatic heterocycles. The first-order valence-electron chi connectivity index (χ1n) is 4.99. The Morgan fingerprint density at radius 3 is 2.77 bits per heavy atom. The molecule has 2 heteroatoms. The van der Waals surface area contributed by atoms with Gasteiger partial charge in [-0.15, -0.1) is 10.4 Å². The third kappa shape index (κ3) is 2.29. The van der Waals surface area contributed by atoms with Gasteiger partial charge in [-0.05, 0) is 29.7 Å². The second-order valence-corrected chi connectivity index (χ2v) is 6.14. The predicted molar refractivity (Wildman–Crippen MR) is 66.4 cm³/mol. The summed E-state index contributed by atoms with van der Waals surface area (Å²) in [4.78, 5) is 3.02. The van der Waals surface area contributed by atoms with Crippen LogP contribution in [0, 0.1) is 5.92 Å². The first-order valence-corrected chi connectivity index (χ1v) is 7.31. The highest BCUT2D eigenvalue weighted by atomic mass is 33.1. The van der Waals surface area contributed by atoms with Gasteiger partial charge in [0.05, 0.1) is 0 Å². The Morgan fingerprint density at radius 2 is 2.15 bits per heavy atom. The molecule has 0 unspecified atom stereocenters. The fourth-order valence-corrected chi connectivity index (χ4v) is 4.73. The molecule has 2 rings (SSSR count). The van der Waals surface area contributed by atoms with Gasteiger partial charge in [-0.25, -0.2) is 0 Å².